The van der Waals surface area contributed by atoms with Crippen molar-refractivity contribution in [2.24, 2.45) is 0 Å². The molecule has 5 rings (SSSR count). The summed E-state index contributed by atoms with van der Waals surface area (Å²) in [5.41, 5.74) is 5.08. The number of morpholine rings is 1. The first-order valence-electron chi connectivity index (χ1n) is 12.9. The van der Waals surface area contributed by atoms with Crippen LogP contribution in [-0.4, -0.2) is 55.1 Å². The molecule has 36 heavy (non-hydrogen) atoms. The highest BCUT2D eigenvalue weighted by Gasteiger charge is 2.42. The molecule has 1 fully saturated rings. The highest BCUT2D eigenvalue weighted by Crippen LogP contribution is 2.39. The zero-order valence-electron chi connectivity index (χ0n) is 22.0. The van der Waals surface area contributed by atoms with E-state index in [4.69, 9.17) is 9.15 Å². The summed E-state index contributed by atoms with van der Waals surface area (Å²) < 4.78 is 11.6. The predicted octanol–water partition coefficient (Wildman–Crippen LogP) is 4.97. The van der Waals surface area contributed by atoms with Crippen molar-refractivity contribution in [3.8, 4) is 0 Å². The lowest BCUT2D eigenvalue weighted by atomic mass is 9.86. The molecule has 2 aliphatic rings. The lowest BCUT2D eigenvalue weighted by Gasteiger charge is -2.29. The number of hydrogen-bond donors (Lipinski definition) is 0. The molecule has 2 aromatic carbocycles. The first-order chi connectivity index (χ1) is 17.1. The second-order valence-electron chi connectivity index (χ2n) is 11.2. The molecule has 6 heteroatoms. The van der Waals surface area contributed by atoms with Gasteiger partial charge in [0.05, 0.1) is 30.2 Å². The number of rotatable bonds is 5. The molecular formula is C30H36N2O4. The van der Waals surface area contributed by atoms with Crippen LogP contribution in [0.15, 0.2) is 45.6 Å². The SMILES string of the molecule is Cc1cc2oc3c(c(=O)c2cc1C)C(c1ccc(C(C)(C)C)cc1)N(CCCN1CCOCC1)C3=O. The van der Waals surface area contributed by atoms with Crippen LogP contribution in [0.25, 0.3) is 11.0 Å². The summed E-state index contributed by atoms with van der Waals surface area (Å²) in [7, 11) is 0. The van der Waals surface area contributed by atoms with E-state index in [0.717, 1.165) is 56.0 Å². The summed E-state index contributed by atoms with van der Waals surface area (Å²) >= 11 is 0. The maximum atomic E-state index is 13.8. The van der Waals surface area contributed by atoms with Crippen molar-refractivity contribution in [2.75, 3.05) is 39.4 Å². The lowest BCUT2D eigenvalue weighted by molar-refractivity contribution is 0.0353. The third-order valence-corrected chi connectivity index (χ3v) is 7.65. The van der Waals surface area contributed by atoms with Gasteiger partial charge in [0.1, 0.15) is 5.58 Å². The van der Waals surface area contributed by atoms with Crippen LogP contribution in [0.2, 0.25) is 0 Å². The molecule has 0 radical (unpaired) electrons. The van der Waals surface area contributed by atoms with Crippen LogP contribution in [0, 0.1) is 13.8 Å². The van der Waals surface area contributed by atoms with Gasteiger partial charge in [-0.15, -0.1) is 0 Å². The Bertz CT molecular complexity index is 1340. The summed E-state index contributed by atoms with van der Waals surface area (Å²) in [5, 5.41) is 0.538. The average molecular weight is 489 g/mol. The van der Waals surface area contributed by atoms with Crippen LogP contribution in [0.4, 0.5) is 0 Å². The minimum Gasteiger partial charge on any atom is -0.450 e. The molecule has 190 valence electrons. The van der Waals surface area contributed by atoms with E-state index in [2.05, 4.69) is 49.9 Å². The van der Waals surface area contributed by atoms with E-state index in [1.165, 1.54) is 5.56 Å². The van der Waals surface area contributed by atoms with Crippen LogP contribution >= 0.6 is 0 Å². The molecule has 0 spiro atoms. The van der Waals surface area contributed by atoms with Crippen LogP contribution in [0.5, 0.6) is 0 Å². The van der Waals surface area contributed by atoms with Crippen LogP contribution in [0.3, 0.4) is 0 Å². The van der Waals surface area contributed by atoms with E-state index in [1.54, 1.807) is 0 Å². The number of carbonyl (C=O) groups is 1. The first kappa shape index (κ1) is 24.7. The lowest BCUT2D eigenvalue weighted by Crippen LogP contribution is -2.38. The van der Waals surface area contributed by atoms with Gasteiger partial charge in [0, 0.05) is 26.2 Å². The van der Waals surface area contributed by atoms with E-state index in [-0.39, 0.29) is 22.5 Å². The van der Waals surface area contributed by atoms with E-state index in [9.17, 15) is 9.59 Å². The molecule has 1 atom stereocenters. The molecule has 0 N–H and O–H groups in total. The monoisotopic (exact) mass is 488 g/mol. The number of carbonyl (C=O) groups excluding carboxylic acids is 1. The zero-order chi connectivity index (χ0) is 25.6. The number of amides is 1. The van der Waals surface area contributed by atoms with Gasteiger partial charge in [0.15, 0.2) is 5.43 Å². The summed E-state index contributed by atoms with van der Waals surface area (Å²) in [6.07, 6.45) is 0.822. The Kier molecular flexibility index (Phi) is 6.52. The Morgan fingerprint density at radius 2 is 1.61 bits per heavy atom. The van der Waals surface area contributed by atoms with Crippen molar-refractivity contribution in [1.82, 2.24) is 9.80 Å². The van der Waals surface area contributed by atoms with Crippen molar-refractivity contribution in [2.45, 2.75) is 52.5 Å². The van der Waals surface area contributed by atoms with Crippen molar-refractivity contribution in [3.63, 3.8) is 0 Å². The van der Waals surface area contributed by atoms with Crippen molar-refractivity contribution in [1.29, 1.82) is 0 Å². The van der Waals surface area contributed by atoms with Crippen molar-refractivity contribution >= 4 is 16.9 Å². The van der Waals surface area contributed by atoms with Crippen molar-refractivity contribution in [3.05, 3.63) is 80.2 Å². The van der Waals surface area contributed by atoms with Gasteiger partial charge in [-0.2, -0.15) is 0 Å². The fourth-order valence-electron chi connectivity index (χ4n) is 5.31. The van der Waals surface area contributed by atoms with Gasteiger partial charge >= 0.3 is 0 Å². The van der Waals surface area contributed by atoms with E-state index in [0.29, 0.717) is 23.1 Å². The van der Waals surface area contributed by atoms with Gasteiger partial charge in [-0.05, 0) is 60.1 Å². The molecule has 0 saturated carbocycles. The molecule has 0 aliphatic carbocycles. The molecule has 3 aromatic rings. The zero-order valence-corrected chi connectivity index (χ0v) is 22.0. The number of ether oxygens (including phenoxy) is 1. The minimum absolute atomic E-state index is 0.0182. The Hall–Kier alpha value is -2.96. The highest BCUT2D eigenvalue weighted by molar-refractivity contribution is 5.99. The third kappa shape index (κ3) is 4.48. The highest BCUT2D eigenvalue weighted by atomic mass is 16.5. The van der Waals surface area contributed by atoms with Crippen LogP contribution in [0.1, 0.15) is 71.6 Å². The summed E-state index contributed by atoms with van der Waals surface area (Å²) in [4.78, 5) is 31.7. The molecule has 1 aromatic heterocycles. The van der Waals surface area contributed by atoms with Crippen LogP contribution in [-0.2, 0) is 10.2 Å². The molecule has 3 heterocycles. The number of nitrogens with zero attached hydrogens (tertiary/aromatic N) is 2. The molecule has 1 saturated heterocycles. The normalized spacial score (nSPS) is 18.8. The van der Waals surface area contributed by atoms with Gasteiger partial charge < -0.3 is 14.1 Å². The Balaban J connectivity index is 1.56. The molecule has 0 bridgehead atoms. The quantitative estimate of drug-likeness (QED) is 0.507. The Morgan fingerprint density at radius 1 is 0.944 bits per heavy atom. The second-order valence-corrected chi connectivity index (χ2v) is 11.2. The molecule has 6 nitrogen and oxygen atoms in total. The smallest absolute Gasteiger partial charge is 0.290 e. The first-order valence-corrected chi connectivity index (χ1v) is 12.9. The fraction of sp³-hybridized carbons (Fsp3) is 0.467. The van der Waals surface area contributed by atoms with Gasteiger partial charge in [0.25, 0.3) is 5.91 Å². The number of benzene rings is 2. The standard InChI is InChI=1S/C30H36N2O4/c1-19-17-23-24(18-20(19)2)36-28-25(27(23)33)26(21-7-9-22(10-8-21)30(3,4)5)32(29(28)34)12-6-11-31-13-15-35-16-14-31/h7-10,17-18,26H,6,11-16H2,1-5H3. The summed E-state index contributed by atoms with van der Waals surface area (Å²) in [6, 6.07) is 11.7. The fourth-order valence-corrected chi connectivity index (χ4v) is 5.31. The molecule has 1 amide bonds. The predicted molar refractivity (Wildman–Crippen MR) is 142 cm³/mol. The van der Waals surface area contributed by atoms with E-state index in [1.807, 2.05) is 30.9 Å². The minimum atomic E-state index is -0.450. The summed E-state index contributed by atoms with van der Waals surface area (Å²) in [6.45, 7) is 15.3. The largest absolute Gasteiger partial charge is 0.450 e. The molecule has 2 aliphatic heterocycles. The summed E-state index contributed by atoms with van der Waals surface area (Å²) in [5.74, 6) is -0.0128. The van der Waals surface area contributed by atoms with E-state index >= 15 is 0 Å². The van der Waals surface area contributed by atoms with Gasteiger partial charge in [0.2, 0.25) is 5.76 Å². The topological polar surface area (TPSA) is 63.0 Å². The number of hydrogen-bond acceptors (Lipinski definition) is 5. The Morgan fingerprint density at radius 3 is 2.28 bits per heavy atom. The van der Waals surface area contributed by atoms with Gasteiger partial charge in [-0.25, -0.2) is 0 Å². The second kappa shape index (κ2) is 9.49. The maximum absolute atomic E-state index is 13.8. The van der Waals surface area contributed by atoms with Crippen LogP contribution < -0.4 is 5.43 Å². The molecule has 1 unspecified atom stereocenters. The third-order valence-electron chi connectivity index (χ3n) is 7.65. The van der Waals surface area contributed by atoms with E-state index < -0.39 is 6.04 Å². The number of fused-ring (bicyclic) bond motifs is 2. The number of aryl methyl sites for hydroxylation is 2. The van der Waals surface area contributed by atoms with Gasteiger partial charge in [-0.3, -0.25) is 14.5 Å². The maximum Gasteiger partial charge on any atom is 0.290 e. The Labute approximate surface area is 212 Å². The average Bonchev–Trinajstić information content (AvgIpc) is 3.12. The molecular weight excluding hydrogens is 452 g/mol. The van der Waals surface area contributed by atoms with Gasteiger partial charge in [-0.1, -0.05) is 45.0 Å². The van der Waals surface area contributed by atoms with Crippen molar-refractivity contribution < 1.29 is 13.9 Å².